The zero-order chi connectivity index (χ0) is 12.9. The maximum Gasteiger partial charge on any atom is 0.241 e. The van der Waals surface area contributed by atoms with Gasteiger partial charge in [0.05, 0.1) is 4.90 Å². The number of aryl methyl sites for hydroxylation is 1. The van der Waals surface area contributed by atoms with E-state index in [1.807, 2.05) is 32.9 Å². The van der Waals surface area contributed by atoms with E-state index in [4.69, 9.17) is 0 Å². The van der Waals surface area contributed by atoms with Crippen LogP contribution in [0.5, 0.6) is 0 Å². The molecule has 0 fully saturated rings. The van der Waals surface area contributed by atoms with Crippen molar-refractivity contribution in [3.63, 3.8) is 0 Å². The Kier molecular flexibility index (Phi) is 5.49. The van der Waals surface area contributed by atoms with E-state index >= 15 is 0 Å². The molecular formula is C12H19NO2S2. The van der Waals surface area contributed by atoms with Crippen LogP contribution in [-0.2, 0) is 10.0 Å². The van der Waals surface area contributed by atoms with Crippen molar-refractivity contribution in [3.05, 3.63) is 23.8 Å². The first kappa shape index (κ1) is 14.5. The summed E-state index contributed by atoms with van der Waals surface area (Å²) in [4.78, 5) is 1.22. The summed E-state index contributed by atoms with van der Waals surface area (Å²) >= 11 is 1.56. The Morgan fingerprint density at radius 2 is 2.00 bits per heavy atom. The van der Waals surface area contributed by atoms with Crippen LogP contribution < -0.4 is 4.72 Å². The first-order valence-corrected chi connectivity index (χ1v) is 8.21. The average Bonchev–Trinajstić information content (AvgIpc) is 2.27. The quantitative estimate of drug-likeness (QED) is 0.811. The Bertz CT molecular complexity index is 469. The van der Waals surface area contributed by atoms with E-state index in [0.29, 0.717) is 11.4 Å². The van der Waals surface area contributed by atoms with Crippen LogP contribution in [0, 0.1) is 6.92 Å². The predicted octanol–water partition coefficient (Wildman–Crippen LogP) is 2.80. The van der Waals surface area contributed by atoms with Gasteiger partial charge in [-0.3, -0.25) is 0 Å². The zero-order valence-electron chi connectivity index (χ0n) is 10.5. The molecule has 1 rings (SSSR count). The largest absolute Gasteiger partial charge is 0.241 e. The molecule has 1 aromatic rings. The smallest absolute Gasteiger partial charge is 0.211 e. The Labute approximate surface area is 108 Å². The van der Waals surface area contributed by atoms with Crippen LogP contribution >= 0.6 is 11.8 Å². The van der Waals surface area contributed by atoms with Crippen molar-refractivity contribution in [1.29, 1.82) is 0 Å². The van der Waals surface area contributed by atoms with Crippen LogP contribution in [0.3, 0.4) is 0 Å². The molecular weight excluding hydrogens is 254 g/mol. The third-order valence-electron chi connectivity index (χ3n) is 2.23. The van der Waals surface area contributed by atoms with Gasteiger partial charge in [0.15, 0.2) is 0 Å². The maximum atomic E-state index is 12.1. The average molecular weight is 273 g/mol. The van der Waals surface area contributed by atoms with Gasteiger partial charge in [-0.1, -0.05) is 19.9 Å². The third kappa shape index (κ3) is 4.01. The van der Waals surface area contributed by atoms with E-state index in [0.717, 1.165) is 22.6 Å². The van der Waals surface area contributed by atoms with Crippen LogP contribution in [0.1, 0.15) is 25.8 Å². The number of benzene rings is 1. The monoisotopic (exact) mass is 273 g/mol. The molecule has 0 atom stereocenters. The molecule has 0 unspecified atom stereocenters. The SMILES string of the molecule is CCCNS(=O)(=O)c1ccc(C)cc1SCC. The number of sulfonamides is 1. The number of hydrogen-bond acceptors (Lipinski definition) is 3. The lowest BCUT2D eigenvalue weighted by molar-refractivity contribution is 0.578. The highest BCUT2D eigenvalue weighted by Crippen LogP contribution is 2.27. The minimum atomic E-state index is -3.36. The van der Waals surface area contributed by atoms with Crippen molar-refractivity contribution >= 4 is 21.8 Å². The Balaban J connectivity index is 3.11. The van der Waals surface area contributed by atoms with Crippen LogP contribution in [-0.4, -0.2) is 20.7 Å². The fraction of sp³-hybridized carbons (Fsp3) is 0.500. The highest BCUT2D eigenvalue weighted by molar-refractivity contribution is 8.00. The van der Waals surface area contributed by atoms with Gasteiger partial charge in [0.2, 0.25) is 10.0 Å². The normalized spacial score (nSPS) is 11.7. The van der Waals surface area contributed by atoms with Gasteiger partial charge >= 0.3 is 0 Å². The summed E-state index contributed by atoms with van der Waals surface area (Å²) < 4.78 is 26.7. The van der Waals surface area contributed by atoms with E-state index < -0.39 is 10.0 Å². The van der Waals surface area contributed by atoms with Gasteiger partial charge in [0.1, 0.15) is 0 Å². The molecule has 0 heterocycles. The highest BCUT2D eigenvalue weighted by atomic mass is 32.2. The lowest BCUT2D eigenvalue weighted by Crippen LogP contribution is -2.24. The molecule has 1 N–H and O–H groups in total. The first-order valence-electron chi connectivity index (χ1n) is 5.74. The molecule has 0 aliphatic heterocycles. The second kappa shape index (κ2) is 6.42. The van der Waals surface area contributed by atoms with Gasteiger partial charge in [-0.25, -0.2) is 13.1 Å². The Hall–Kier alpha value is -0.520. The van der Waals surface area contributed by atoms with Crippen molar-refractivity contribution < 1.29 is 8.42 Å². The van der Waals surface area contributed by atoms with Crippen molar-refractivity contribution in [2.45, 2.75) is 37.0 Å². The second-order valence-corrected chi connectivity index (χ2v) is 6.82. The zero-order valence-corrected chi connectivity index (χ0v) is 12.1. The van der Waals surface area contributed by atoms with Gasteiger partial charge in [-0.2, -0.15) is 0 Å². The van der Waals surface area contributed by atoms with Gasteiger partial charge in [0, 0.05) is 11.4 Å². The van der Waals surface area contributed by atoms with Crippen molar-refractivity contribution in [3.8, 4) is 0 Å². The minimum absolute atomic E-state index is 0.392. The second-order valence-electron chi connectivity index (χ2n) is 3.78. The predicted molar refractivity (Wildman–Crippen MR) is 73.1 cm³/mol. The Morgan fingerprint density at radius 1 is 1.29 bits per heavy atom. The van der Waals surface area contributed by atoms with Crippen LogP contribution in [0.25, 0.3) is 0 Å². The van der Waals surface area contributed by atoms with Crippen LogP contribution in [0.2, 0.25) is 0 Å². The standard InChI is InChI=1S/C12H19NO2S2/c1-4-8-13-17(14,15)12-7-6-10(3)9-11(12)16-5-2/h6-7,9,13H,4-5,8H2,1-3H3. The number of hydrogen-bond donors (Lipinski definition) is 1. The third-order valence-corrected chi connectivity index (χ3v) is 4.82. The summed E-state index contributed by atoms with van der Waals surface area (Å²) in [6.07, 6.45) is 0.793. The van der Waals surface area contributed by atoms with Crippen molar-refractivity contribution in [2.24, 2.45) is 0 Å². The van der Waals surface area contributed by atoms with E-state index in [-0.39, 0.29) is 0 Å². The molecule has 0 saturated carbocycles. The molecule has 0 aliphatic rings. The van der Waals surface area contributed by atoms with E-state index in [2.05, 4.69) is 4.72 Å². The lowest BCUT2D eigenvalue weighted by Gasteiger charge is -2.11. The summed E-state index contributed by atoms with van der Waals surface area (Å²) in [5.41, 5.74) is 1.08. The molecule has 0 amide bonds. The fourth-order valence-electron chi connectivity index (χ4n) is 1.42. The molecule has 17 heavy (non-hydrogen) atoms. The highest BCUT2D eigenvalue weighted by Gasteiger charge is 2.17. The molecule has 5 heteroatoms. The molecule has 3 nitrogen and oxygen atoms in total. The van der Waals surface area contributed by atoms with Gasteiger partial charge in [0.25, 0.3) is 0 Å². The van der Waals surface area contributed by atoms with E-state index in [9.17, 15) is 8.42 Å². The molecule has 0 radical (unpaired) electrons. The summed E-state index contributed by atoms with van der Waals surface area (Å²) in [7, 11) is -3.36. The molecule has 0 spiro atoms. The maximum absolute atomic E-state index is 12.1. The lowest BCUT2D eigenvalue weighted by atomic mass is 10.2. The first-order chi connectivity index (χ1) is 8.01. The van der Waals surface area contributed by atoms with Gasteiger partial charge in [-0.15, -0.1) is 11.8 Å². The number of thioether (sulfide) groups is 1. The summed E-state index contributed by atoms with van der Waals surface area (Å²) in [6, 6.07) is 5.44. The van der Waals surface area contributed by atoms with Gasteiger partial charge < -0.3 is 0 Å². The van der Waals surface area contributed by atoms with E-state index in [1.54, 1.807) is 17.8 Å². The number of nitrogens with one attached hydrogen (secondary N) is 1. The molecule has 0 aliphatic carbocycles. The van der Waals surface area contributed by atoms with E-state index in [1.165, 1.54) is 0 Å². The summed E-state index contributed by atoms with van der Waals surface area (Å²) in [6.45, 7) is 6.41. The van der Waals surface area contributed by atoms with Gasteiger partial charge in [-0.05, 0) is 36.8 Å². The fourth-order valence-corrected chi connectivity index (χ4v) is 3.92. The van der Waals surface area contributed by atoms with Crippen molar-refractivity contribution in [1.82, 2.24) is 4.72 Å². The van der Waals surface area contributed by atoms with Crippen molar-refractivity contribution in [2.75, 3.05) is 12.3 Å². The topological polar surface area (TPSA) is 46.2 Å². The minimum Gasteiger partial charge on any atom is -0.211 e. The summed E-state index contributed by atoms with van der Waals surface area (Å²) in [5.74, 6) is 0.861. The number of rotatable bonds is 6. The molecule has 0 bridgehead atoms. The molecule has 96 valence electrons. The van der Waals surface area contributed by atoms with Crippen LogP contribution in [0.4, 0.5) is 0 Å². The molecule has 1 aromatic carbocycles. The Morgan fingerprint density at radius 3 is 2.59 bits per heavy atom. The molecule has 0 saturated heterocycles. The summed E-state index contributed by atoms with van der Waals surface area (Å²) in [5, 5.41) is 0. The molecule has 0 aromatic heterocycles. The van der Waals surface area contributed by atoms with Crippen LogP contribution in [0.15, 0.2) is 28.0 Å².